The third-order valence-corrected chi connectivity index (χ3v) is 7.30. The Morgan fingerprint density at radius 3 is 2.08 bits per heavy atom. The third kappa shape index (κ3) is 6.13. The van der Waals surface area contributed by atoms with Crippen molar-refractivity contribution in [3.63, 3.8) is 0 Å². The Hall–Kier alpha value is -2.55. The number of alkyl halides is 2. The molecule has 1 fully saturated rings. The van der Waals surface area contributed by atoms with Crippen molar-refractivity contribution in [2.75, 3.05) is 16.0 Å². The lowest BCUT2D eigenvalue weighted by Crippen LogP contribution is -2.18. The van der Waals surface area contributed by atoms with Crippen LogP contribution in [-0.2, 0) is 9.59 Å². The summed E-state index contributed by atoms with van der Waals surface area (Å²) in [5.74, 6) is -3.69. The van der Waals surface area contributed by atoms with Crippen LogP contribution in [-0.4, -0.2) is 22.1 Å². The first-order chi connectivity index (χ1) is 17.4. The largest absolute Gasteiger partial charge is 0.326 e. The van der Waals surface area contributed by atoms with Crippen LogP contribution in [0.1, 0.15) is 28.8 Å². The van der Waals surface area contributed by atoms with E-state index in [0.717, 1.165) is 6.07 Å². The van der Waals surface area contributed by atoms with Gasteiger partial charge in [-0.3, -0.25) is 14.4 Å². The Morgan fingerprint density at radius 1 is 0.838 bits per heavy atom. The SMILES string of the molecule is CC(=O)Nc1ccc(NC(=O)c2cc(NC(=O)[C@H]3[C@H](c4cc(Cl)cc(Cl)c4)C3(Cl)Cl)ccc2Cl)c(F)c1. The number of benzene rings is 3. The molecule has 192 valence electrons. The predicted octanol–water partition coefficient (Wildman–Crippen LogP) is 7.52. The molecule has 0 aromatic heterocycles. The Kier molecular flexibility index (Phi) is 7.93. The predicted molar refractivity (Wildman–Crippen MR) is 146 cm³/mol. The second-order valence-corrected chi connectivity index (χ2v) is 11.1. The normalized spacial score (nSPS) is 17.6. The fraction of sp³-hybridized carbons (Fsp3) is 0.160. The van der Waals surface area contributed by atoms with Gasteiger partial charge in [0, 0.05) is 34.3 Å². The van der Waals surface area contributed by atoms with Gasteiger partial charge in [0.05, 0.1) is 22.2 Å². The number of hydrogen-bond donors (Lipinski definition) is 3. The molecule has 1 aliphatic rings. The molecule has 6 nitrogen and oxygen atoms in total. The summed E-state index contributed by atoms with van der Waals surface area (Å²) < 4.78 is 13.0. The van der Waals surface area contributed by atoms with E-state index in [9.17, 15) is 18.8 Å². The van der Waals surface area contributed by atoms with Crippen LogP contribution in [0.25, 0.3) is 0 Å². The van der Waals surface area contributed by atoms with Gasteiger partial charge in [-0.25, -0.2) is 4.39 Å². The van der Waals surface area contributed by atoms with Crippen molar-refractivity contribution in [1.29, 1.82) is 0 Å². The Bertz CT molecular complexity index is 1410. The molecular weight excluding hydrogens is 587 g/mol. The van der Waals surface area contributed by atoms with Crippen LogP contribution in [0, 0.1) is 11.7 Å². The minimum atomic E-state index is -1.38. The first-order valence-corrected chi connectivity index (χ1v) is 12.6. The molecule has 0 bridgehead atoms. The average Bonchev–Trinajstić information content (AvgIpc) is 3.38. The van der Waals surface area contributed by atoms with Crippen LogP contribution in [0.4, 0.5) is 21.5 Å². The van der Waals surface area contributed by atoms with Crippen molar-refractivity contribution < 1.29 is 18.8 Å². The zero-order valence-electron chi connectivity index (χ0n) is 18.8. The number of halogens is 6. The van der Waals surface area contributed by atoms with E-state index in [-0.39, 0.29) is 33.6 Å². The lowest BCUT2D eigenvalue weighted by Gasteiger charge is -2.11. The van der Waals surface area contributed by atoms with Gasteiger partial charge in [0.2, 0.25) is 11.8 Å². The van der Waals surface area contributed by atoms with E-state index >= 15 is 0 Å². The van der Waals surface area contributed by atoms with Crippen molar-refractivity contribution in [2.45, 2.75) is 17.2 Å². The van der Waals surface area contributed by atoms with E-state index in [1.165, 1.54) is 37.3 Å². The molecule has 0 unspecified atom stereocenters. The first kappa shape index (κ1) is 27.5. The molecule has 2 atom stereocenters. The lowest BCUT2D eigenvalue weighted by atomic mass is 10.1. The van der Waals surface area contributed by atoms with Crippen LogP contribution in [0.5, 0.6) is 0 Å². The number of hydrogen-bond acceptors (Lipinski definition) is 3. The van der Waals surface area contributed by atoms with Gasteiger partial charge in [-0.1, -0.05) is 34.8 Å². The maximum atomic E-state index is 14.4. The van der Waals surface area contributed by atoms with Gasteiger partial charge in [0.25, 0.3) is 5.91 Å². The molecule has 12 heteroatoms. The number of nitrogens with one attached hydrogen (secondary N) is 3. The van der Waals surface area contributed by atoms with Gasteiger partial charge in [-0.2, -0.15) is 0 Å². The molecule has 0 radical (unpaired) electrons. The molecule has 1 saturated carbocycles. The monoisotopic (exact) mass is 601 g/mol. The van der Waals surface area contributed by atoms with Crippen molar-refractivity contribution in [3.05, 3.63) is 86.6 Å². The molecule has 1 aliphatic carbocycles. The molecule has 37 heavy (non-hydrogen) atoms. The molecule has 3 aromatic carbocycles. The Morgan fingerprint density at radius 2 is 1.46 bits per heavy atom. The summed E-state index contributed by atoms with van der Waals surface area (Å²) in [5.41, 5.74) is 0.964. The van der Waals surface area contributed by atoms with Crippen LogP contribution in [0.3, 0.4) is 0 Å². The maximum Gasteiger partial charge on any atom is 0.257 e. The molecule has 0 aliphatic heterocycles. The molecular formula is C25H17Cl5FN3O3. The summed E-state index contributed by atoms with van der Waals surface area (Å²) in [6.07, 6.45) is 0. The van der Waals surface area contributed by atoms with Gasteiger partial charge in [-0.05, 0) is 60.2 Å². The third-order valence-electron chi connectivity index (χ3n) is 5.60. The van der Waals surface area contributed by atoms with E-state index in [1.54, 1.807) is 18.2 Å². The second kappa shape index (κ2) is 10.7. The van der Waals surface area contributed by atoms with E-state index in [0.29, 0.717) is 15.6 Å². The summed E-state index contributed by atoms with van der Waals surface area (Å²) in [4.78, 5) is 37.0. The summed E-state index contributed by atoms with van der Waals surface area (Å²) >= 11 is 31.1. The first-order valence-electron chi connectivity index (χ1n) is 10.7. The number of carbonyl (C=O) groups excluding carboxylic acids is 3. The quantitative estimate of drug-likeness (QED) is 0.255. The molecule has 3 N–H and O–H groups in total. The van der Waals surface area contributed by atoms with Gasteiger partial charge < -0.3 is 16.0 Å². The Balaban J connectivity index is 1.49. The van der Waals surface area contributed by atoms with Crippen LogP contribution in [0.15, 0.2) is 54.6 Å². The van der Waals surface area contributed by atoms with Gasteiger partial charge in [0.15, 0.2) is 0 Å². The zero-order chi connectivity index (χ0) is 27.1. The Labute approximate surface area is 236 Å². The van der Waals surface area contributed by atoms with Gasteiger partial charge in [0.1, 0.15) is 10.2 Å². The number of carbonyl (C=O) groups is 3. The van der Waals surface area contributed by atoms with Gasteiger partial charge >= 0.3 is 0 Å². The molecule has 0 spiro atoms. The fourth-order valence-corrected chi connectivity index (χ4v) is 5.48. The van der Waals surface area contributed by atoms with Crippen molar-refractivity contribution in [2.24, 2.45) is 5.92 Å². The highest BCUT2D eigenvalue weighted by molar-refractivity contribution is 6.53. The fourth-order valence-electron chi connectivity index (χ4n) is 3.91. The number of anilines is 3. The second-order valence-electron chi connectivity index (χ2n) is 8.35. The highest BCUT2D eigenvalue weighted by atomic mass is 35.5. The number of rotatable bonds is 6. The van der Waals surface area contributed by atoms with Crippen LogP contribution >= 0.6 is 58.0 Å². The number of amides is 3. The molecule has 3 amide bonds. The summed E-state index contributed by atoms with van der Waals surface area (Å²) in [5, 5.41) is 8.40. The average molecular weight is 604 g/mol. The maximum absolute atomic E-state index is 14.4. The molecule has 0 saturated heterocycles. The summed E-state index contributed by atoms with van der Waals surface area (Å²) in [6.45, 7) is 1.29. The van der Waals surface area contributed by atoms with Gasteiger partial charge in [-0.15, -0.1) is 23.2 Å². The minimum Gasteiger partial charge on any atom is -0.326 e. The highest BCUT2D eigenvalue weighted by Crippen LogP contribution is 2.65. The van der Waals surface area contributed by atoms with Crippen LogP contribution in [0.2, 0.25) is 15.1 Å². The topological polar surface area (TPSA) is 87.3 Å². The van der Waals surface area contributed by atoms with E-state index < -0.39 is 33.8 Å². The van der Waals surface area contributed by atoms with E-state index in [1.807, 2.05) is 0 Å². The molecule has 4 rings (SSSR count). The van der Waals surface area contributed by atoms with Crippen molar-refractivity contribution in [1.82, 2.24) is 0 Å². The standard InChI is InChI=1S/C25H17Cl5FN3O3/c1-11(35)32-16-3-5-20(19(31)10-16)34-23(36)17-9-15(2-4-18(17)28)33-24(37)22-21(25(22,29)30)12-6-13(26)8-14(27)7-12/h2-10,21-22H,1H3,(H,32,35)(H,33,37)(H,34,36)/t21-,22+/m0/s1. The zero-order valence-corrected chi connectivity index (χ0v) is 22.6. The summed E-state index contributed by atoms with van der Waals surface area (Å²) in [7, 11) is 0. The highest BCUT2D eigenvalue weighted by Gasteiger charge is 2.67. The van der Waals surface area contributed by atoms with E-state index in [4.69, 9.17) is 58.0 Å². The molecule has 0 heterocycles. The molecule has 3 aromatic rings. The smallest absolute Gasteiger partial charge is 0.257 e. The van der Waals surface area contributed by atoms with E-state index in [2.05, 4.69) is 16.0 Å². The van der Waals surface area contributed by atoms with Crippen molar-refractivity contribution in [3.8, 4) is 0 Å². The minimum absolute atomic E-state index is 0.0122. The lowest BCUT2D eigenvalue weighted by molar-refractivity contribution is -0.117. The summed E-state index contributed by atoms with van der Waals surface area (Å²) in [6, 6.07) is 12.9. The van der Waals surface area contributed by atoms with Crippen molar-refractivity contribution >= 4 is 92.8 Å². The van der Waals surface area contributed by atoms with Crippen LogP contribution < -0.4 is 16.0 Å².